The van der Waals surface area contributed by atoms with Crippen LogP contribution in [-0.4, -0.2) is 61.7 Å². The predicted octanol–water partition coefficient (Wildman–Crippen LogP) is 2.32. The SMILES string of the molecule is CCCCOC(=O)N1CCN(C(=O)Cc2ccc(OC)cc2)CC1. The van der Waals surface area contributed by atoms with E-state index in [1.54, 1.807) is 16.9 Å². The summed E-state index contributed by atoms with van der Waals surface area (Å²) in [5, 5.41) is 0. The van der Waals surface area contributed by atoms with Gasteiger partial charge in [0.05, 0.1) is 20.1 Å². The van der Waals surface area contributed by atoms with E-state index in [1.165, 1.54) is 0 Å². The zero-order valence-electron chi connectivity index (χ0n) is 14.5. The largest absolute Gasteiger partial charge is 0.497 e. The molecule has 0 unspecified atom stereocenters. The number of unbranched alkanes of at least 4 members (excludes halogenated alkanes) is 1. The summed E-state index contributed by atoms with van der Waals surface area (Å²) in [4.78, 5) is 27.7. The van der Waals surface area contributed by atoms with Gasteiger partial charge in [0.25, 0.3) is 0 Å². The summed E-state index contributed by atoms with van der Waals surface area (Å²) in [5.41, 5.74) is 0.960. The van der Waals surface area contributed by atoms with Crippen LogP contribution in [0, 0.1) is 0 Å². The number of carbonyl (C=O) groups is 2. The van der Waals surface area contributed by atoms with E-state index in [1.807, 2.05) is 24.3 Å². The molecular weight excluding hydrogens is 308 g/mol. The van der Waals surface area contributed by atoms with Crippen molar-refractivity contribution in [3.05, 3.63) is 29.8 Å². The molecule has 1 aromatic rings. The number of benzene rings is 1. The van der Waals surface area contributed by atoms with Crippen LogP contribution in [0.4, 0.5) is 4.79 Å². The van der Waals surface area contributed by atoms with Gasteiger partial charge >= 0.3 is 6.09 Å². The van der Waals surface area contributed by atoms with Gasteiger partial charge in [0.1, 0.15) is 5.75 Å². The third kappa shape index (κ3) is 5.15. The van der Waals surface area contributed by atoms with Gasteiger partial charge < -0.3 is 19.3 Å². The molecule has 1 aliphatic rings. The molecule has 24 heavy (non-hydrogen) atoms. The zero-order valence-corrected chi connectivity index (χ0v) is 14.5. The third-order valence-electron chi connectivity index (χ3n) is 4.13. The minimum atomic E-state index is -0.272. The molecule has 0 bridgehead atoms. The molecule has 0 aromatic heterocycles. The van der Waals surface area contributed by atoms with Crippen molar-refractivity contribution in [2.75, 3.05) is 39.9 Å². The second kappa shape index (κ2) is 9.15. The van der Waals surface area contributed by atoms with E-state index in [0.717, 1.165) is 24.2 Å². The van der Waals surface area contributed by atoms with Crippen LogP contribution in [0.25, 0.3) is 0 Å². The highest BCUT2D eigenvalue weighted by Gasteiger charge is 2.24. The highest BCUT2D eigenvalue weighted by atomic mass is 16.6. The topological polar surface area (TPSA) is 59.1 Å². The van der Waals surface area contributed by atoms with Crippen LogP contribution >= 0.6 is 0 Å². The van der Waals surface area contributed by atoms with Gasteiger partial charge in [0, 0.05) is 26.2 Å². The predicted molar refractivity (Wildman–Crippen MR) is 91.1 cm³/mol. The van der Waals surface area contributed by atoms with Gasteiger partial charge in [0.2, 0.25) is 5.91 Å². The number of rotatable bonds is 6. The van der Waals surface area contributed by atoms with Crippen LogP contribution in [-0.2, 0) is 16.0 Å². The van der Waals surface area contributed by atoms with E-state index in [-0.39, 0.29) is 12.0 Å². The number of carbonyl (C=O) groups excluding carboxylic acids is 2. The van der Waals surface area contributed by atoms with Gasteiger partial charge in [-0.05, 0) is 24.1 Å². The lowest BCUT2D eigenvalue weighted by Crippen LogP contribution is -2.51. The van der Waals surface area contributed by atoms with Crippen molar-refractivity contribution in [1.29, 1.82) is 0 Å². The van der Waals surface area contributed by atoms with Crippen LogP contribution in [0.1, 0.15) is 25.3 Å². The Bertz CT molecular complexity index is 536. The van der Waals surface area contributed by atoms with E-state index in [2.05, 4.69) is 6.92 Å². The molecule has 1 saturated heterocycles. The van der Waals surface area contributed by atoms with Gasteiger partial charge in [-0.15, -0.1) is 0 Å². The first-order valence-electron chi connectivity index (χ1n) is 8.46. The number of ether oxygens (including phenoxy) is 2. The number of methoxy groups -OCH3 is 1. The van der Waals surface area contributed by atoms with Crippen molar-refractivity contribution in [3.63, 3.8) is 0 Å². The molecule has 1 aromatic carbocycles. The van der Waals surface area contributed by atoms with E-state index in [4.69, 9.17) is 9.47 Å². The third-order valence-corrected chi connectivity index (χ3v) is 4.13. The fourth-order valence-corrected chi connectivity index (χ4v) is 2.56. The number of amides is 2. The second-order valence-corrected chi connectivity index (χ2v) is 5.86. The Morgan fingerprint density at radius 2 is 1.67 bits per heavy atom. The smallest absolute Gasteiger partial charge is 0.409 e. The molecule has 1 aliphatic heterocycles. The Morgan fingerprint density at radius 1 is 1.04 bits per heavy atom. The van der Waals surface area contributed by atoms with Crippen molar-refractivity contribution in [2.24, 2.45) is 0 Å². The lowest BCUT2D eigenvalue weighted by Gasteiger charge is -2.34. The molecule has 2 amide bonds. The molecular formula is C18H26N2O4. The second-order valence-electron chi connectivity index (χ2n) is 5.86. The minimum Gasteiger partial charge on any atom is -0.497 e. The number of hydrogen-bond donors (Lipinski definition) is 0. The summed E-state index contributed by atoms with van der Waals surface area (Å²) >= 11 is 0. The van der Waals surface area contributed by atoms with Crippen molar-refractivity contribution in [2.45, 2.75) is 26.2 Å². The van der Waals surface area contributed by atoms with Crippen LogP contribution in [0.3, 0.4) is 0 Å². The first-order chi connectivity index (χ1) is 11.6. The van der Waals surface area contributed by atoms with Crippen molar-refractivity contribution >= 4 is 12.0 Å². The van der Waals surface area contributed by atoms with Crippen LogP contribution in [0.2, 0.25) is 0 Å². The van der Waals surface area contributed by atoms with Crippen LogP contribution in [0.5, 0.6) is 5.75 Å². The maximum Gasteiger partial charge on any atom is 0.409 e. The minimum absolute atomic E-state index is 0.0826. The summed E-state index contributed by atoms with van der Waals surface area (Å²) in [5.74, 6) is 0.862. The average molecular weight is 334 g/mol. The highest BCUT2D eigenvalue weighted by molar-refractivity contribution is 5.79. The van der Waals surface area contributed by atoms with E-state index in [0.29, 0.717) is 39.2 Å². The summed E-state index contributed by atoms with van der Waals surface area (Å²) in [7, 11) is 1.62. The summed E-state index contributed by atoms with van der Waals surface area (Å²) < 4.78 is 10.3. The molecule has 1 fully saturated rings. The number of nitrogens with zero attached hydrogens (tertiary/aromatic N) is 2. The molecule has 0 atom stereocenters. The van der Waals surface area contributed by atoms with E-state index >= 15 is 0 Å². The first kappa shape index (κ1) is 18.1. The molecule has 0 saturated carbocycles. The Morgan fingerprint density at radius 3 is 2.25 bits per heavy atom. The van der Waals surface area contributed by atoms with Gasteiger partial charge in [-0.2, -0.15) is 0 Å². The molecule has 0 spiro atoms. The number of piperazine rings is 1. The van der Waals surface area contributed by atoms with Crippen LogP contribution < -0.4 is 4.74 Å². The lowest BCUT2D eigenvalue weighted by molar-refractivity contribution is -0.132. The van der Waals surface area contributed by atoms with Crippen molar-refractivity contribution < 1.29 is 19.1 Å². The first-order valence-corrected chi connectivity index (χ1v) is 8.46. The fraction of sp³-hybridized carbons (Fsp3) is 0.556. The maximum atomic E-state index is 12.4. The Labute approximate surface area is 143 Å². The van der Waals surface area contributed by atoms with Gasteiger partial charge in [0.15, 0.2) is 0 Å². The van der Waals surface area contributed by atoms with Gasteiger partial charge in [-0.25, -0.2) is 4.79 Å². The van der Waals surface area contributed by atoms with E-state index in [9.17, 15) is 9.59 Å². The molecule has 1 heterocycles. The molecule has 0 aliphatic carbocycles. The Kier molecular flexibility index (Phi) is 6.90. The molecule has 6 heteroatoms. The molecule has 0 radical (unpaired) electrons. The molecule has 6 nitrogen and oxygen atoms in total. The normalized spacial score (nSPS) is 14.4. The van der Waals surface area contributed by atoms with E-state index < -0.39 is 0 Å². The van der Waals surface area contributed by atoms with Crippen molar-refractivity contribution in [3.8, 4) is 5.75 Å². The van der Waals surface area contributed by atoms with Crippen molar-refractivity contribution in [1.82, 2.24) is 9.80 Å². The van der Waals surface area contributed by atoms with Gasteiger partial charge in [-0.3, -0.25) is 4.79 Å². The maximum absolute atomic E-state index is 12.4. The van der Waals surface area contributed by atoms with Crippen LogP contribution in [0.15, 0.2) is 24.3 Å². The average Bonchev–Trinajstić information content (AvgIpc) is 2.62. The standard InChI is InChI=1S/C18H26N2O4/c1-3-4-13-24-18(22)20-11-9-19(10-12-20)17(21)14-15-5-7-16(23-2)8-6-15/h5-8H,3-4,9-14H2,1-2H3. The highest BCUT2D eigenvalue weighted by Crippen LogP contribution is 2.13. The number of hydrogen-bond acceptors (Lipinski definition) is 4. The quantitative estimate of drug-likeness (QED) is 0.749. The molecule has 0 N–H and O–H groups in total. The molecule has 2 rings (SSSR count). The Balaban J connectivity index is 1.76. The summed E-state index contributed by atoms with van der Waals surface area (Å²) in [6.07, 6.45) is 1.98. The lowest BCUT2D eigenvalue weighted by atomic mass is 10.1. The molecule has 132 valence electrons. The zero-order chi connectivity index (χ0) is 17.4. The Hall–Kier alpha value is -2.24. The monoisotopic (exact) mass is 334 g/mol. The van der Waals surface area contributed by atoms with Gasteiger partial charge in [-0.1, -0.05) is 25.5 Å². The fourth-order valence-electron chi connectivity index (χ4n) is 2.56. The summed E-state index contributed by atoms with van der Waals surface area (Å²) in [6.45, 7) is 4.68. The summed E-state index contributed by atoms with van der Waals surface area (Å²) in [6, 6.07) is 7.51.